The van der Waals surface area contributed by atoms with E-state index < -0.39 is 0 Å². The highest BCUT2D eigenvalue weighted by molar-refractivity contribution is 6.04. The van der Waals surface area contributed by atoms with Crippen LogP contribution < -0.4 is 20.9 Å². The Kier molecular flexibility index (Phi) is 10.1. The first-order valence-corrected chi connectivity index (χ1v) is 15.1. The quantitative estimate of drug-likeness (QED) is 0.318. The van der Waals surface area contributed by atoms with E-state index >= 15 is 0 Å². The van der Waals surface area contributed by atoms with Gasteiger partial charge < -0.3 is 25.6 Å². The van der Waals surface area contributed by atoms with Crippen LogP contribution in [0.4, 0.5) is 21.9 Å². The highest BCUT2D eigenvalue weighted by atomic mass is 16.5. The second kappa shape index (κ2) is 14.3. The molecule has 0 spiro atoms. The molecule has 0 aliphatic carbocycles. The minimum Gasteiger partial charge on any atom is -0.379 e. The first-order chi connectivity index (χ1) is 20.4. The van der Waals surface area contributed by atoms with Crippen LogP contribution in [-0.4, -0.2) is 69.3 Å². The van der Waals surface area contributed by atoms with E-state index in [0.29, 0.717) is 23.7 Å². The van der Waals surface area contributed by atoms with Gasteiger partial charge in [0, 0.05) is 56.3 Å². The Hall–Kier alpha value is -3.88. The number of amides is 3. The molecule has 222 valence electrons. The van der Waals surface area contributed by atoms with Crippen LogP contribution in [0.3, 0.4) is 0 Å². The number of nitrogens with one attached hydrogen (secondary N) is 3. The Balaban J connectivity index is 1.26. The van der Waals surface area contributed by atoms with Crippen molar-refractivity contribution in [3.05, 3.63) is 89.0 Å². The Morgan fingerprint density at radius 3 is 2.24 bits per heavy atom. The lowest BCUT2D eigenvalue weighted by Gasteiger charge is -2.35. The SMILES string of the molecule is Cc1ccc(NC(=O)Nc2ccc(N3CCC(Cc4ccccc4)CC3)c(C(=O)NCCN3CCOCC3)c2)cc1C. The van der Waals surface area contributed by atoms with E-state index in [1.165, 1.54) is 11.1 Å². The molecule has 42 heavy (non-hydrogen) atoms. The van der Waals surface area contributed by atoms with Gasteiger partial charge in [-0.25, -0.2) is 4.79 Å². The molecule has 0 radical (unpaired) electrons. The Labute approximate surface area is 249 Å². The molecule has 0 atom stereocenters. The smallest absolute Gasteiger partial charge is 0.323 e. The lowest BCUT2D eigenvalue weighted by molar-refractivity contribution is 0.0383. The summed E-state index contributed by atoms with van der Waals surface area (Å²) in [5.74, 6) is 0.507. The van der Waals surface area contributed by atoms with Crippen molar-refractivity contribution in [2.45, 2.75) is 33.1 Å². The third-order valence-corrected chi connectivity index (χ3v) is 8.40. The fourth-order valence-corrected chi connectivity index (χ4v) is 5.76. The molecule has 2 heterocycles. The molecule has 2 saturated heterocycles. The summed E-state index contributed by atoms with van der Waals surface area (Å²) in [6, 6.07) is 21.8. The van der Waals surface area contributed by atoms with Crippen LogP contribution in [0, 0.1) is 19.8 Å². The van der Waals surface area contributed by atoms with Crippen LogP contribution >= 0.6 is 0 Å². The van der Waals surface area contributed by atoms with Crippen molar-refractivity contribution in [1.82, 2.24) is 10.2 Å². The summed E-state index contributed by atoms with van der Waals surface area (Å²) < 4.78 is 5.44. The molecule has 5 rings (SSSR count). The molecule has 3 aromatic carbocycles. The molecule has 0 bridgehead atoms. The number of urea groups is 1. The normalized spacial score (nSPS) is 16.2. The maximum Gasteiger partial charge on any atom is 0.323 e. The molecular formula is C34H43N5O3. The molecule has 0 saturated carbocycles. The highest BCUT2D eigenvalue weighted by Crippen LogP contribution is 2.30. The average Bonchev–Trinajstić information content (AvgIpc) is 3.00. The predicted octanol–water partition coefficient (Wildman–Crippen LogP) is 5.47. The fraction of sp³-hybridized carbons (Fsp3) is 0.412. The molecule has 8 nitrogen and oxygen atoms in total. The van der Waals surface area contributed by atoms with Crippen LogP contribution in [-0.2, 0) is 11.2 Å². The van der Waals surface area contributed by atoms with Gasteiger partial charge in [0.25, 0.3) is 5.91 Å². The van der Waals surface area contributed by atoms with Crippen molar-refractivity contribution in [3.63, 3.8) is 0 Å². The van der Waals surface area contributed by atoms with Gasteiger partial charge in [-0.2, -0.15) is 0 Å². The number of carbonyl (C=O) groups is 2. The molecule has 3 aromatic rings. The largest absolute Gasteiger partial charge is 0.379 e. The number of morpholine rings is 1. The summed E-state index contributed by atoms with van der Waals surface area (Å²) in [4.78, 5) is 31.0. The van der Waals surface area contributed by atoms with Crippen molar-refractivity contribution >= 4 is 29.0 Å². The summed E-state index contributed by atoms with van der Waals surface area (Å²) >= 11 is 0. The number of piperidine rings is 1. The van der Waals surface area contributed by atoms with Crippen molar-refractivity contribution < 1.29 is 14.3 Å². The van der Waals surface area contributed by atoms with E-state index in [-0.39, 0.29) is 11.9 Å². The van der Waals surface area contributed by atoms with E-state index in [1.807, 2.05) is 44.2 Å². The van der Waals surface area contributed by atoms with Gasteiger partial charge in [-0.1, -0.05) is 36.4 Å². The van der Waals surface area contributed by atoms with Gasteiger partial charge >= 0.3 is 6.03 Å². The standard InChI is InChI=1S/C34H43N5O3/c1-25-8-9-29(22-26(25)2)36-34(41)37-30-10-11-32(31(24-30)33(40)35-14-17-38-18-20-42-21-19-38)39-15-12-28(13-16-39)23-27-6-4-3-5-7-27/h3-11,22,24,28H,12-21,23H2,1-2H3,(H,35,40)(H2,36,37,41). The Morgan fingerprint density at radius 1 is 0.833 bits per heavy atom. The Bertz CT molecular complexity index is 1350. The van der Waals surface area contributed by atoms with Crippen LogP contribution in [0.5, 0.6) is 0 Å². The molecule has 0 aromatic heterocycles. The van der Waals surface area contributed by atoms with Crippen molar-refractivity contribution in [2.24, 2.45) is 5.92 Å². The minimum absolute atomic E-state index is 0.122. The molecule has 3 N–H and O–H groups in total. The molecule has 8 heteroatoms. The van der Waals surface area contributed by atoms with Crippen LogP contribution in [0.1, 0.15) is 39.9 Å². The number of hydrogen-bond donors (Lipinski definition) is 3. The lowest BCUT2D eigenvalue weighted by Crippen LogP contribution is -2.41. The number of nitrogens with zero attached hydrogens (tertiary/aromatic N) is 2. The van der Waals surface area contributed by atoms with Gasteiger partial charge in [0.2, 0.25) is 0 Å². The first kappa shape index (κ1) is 29.6. The zero-order valence-electron chi connectivity index (χ0n) is 24.8. The second-order valence-electron chi connectivity index (χ2n) is 11.4. The number of carbonyl (C=O) groups excluding carboxylic acids is 2. The maximum absolute atomic E-state index is 13.5. The summed E-state index contributed by atoms with van der Waals surface area (Å²) in [5.41, 5.74) is 6.47. The number of aryl methyl sites for hydroxylation is 2. The number of benzene rings is 3. The summed E-state index contributed by atoms with van der Waals surface area (Å²) in [5, 5.41) is 8.95. The molecule has 0 unspecified atom stereocenters. The zero-order valence-corrected chi connectivity index (χ0v) is 24.8. The van der Waals surface area contributed by atoms with Crippen LogP contribution in [0.25, 0.3) is 0 Å². The zero-order chi connectivity index (χ0) is 29.3. The maximum atomic E-state index is 13.5. The van der Waals surface area contributed by atoms with Gasteiger partial charge in [0.1, 0.15) is 0 Å². The van der Waals surface area contributed by atoms with Crippen LogP contribution in [0.2, 0.25) is 0 Å². The van der Waals surface area contributed by atoms with Crippen molar-refractivity contribution in [3.8, 4) is 0 Å². The van der Waals surface area contributed by atoms with Crippen molar-refractivity contribution in [2.75, 3.05) is 68.0 Å². The van der Waals surface area contributed by atoms with Crippen LogP contribution in [0.15, 0.2) is 66.7 Å². The number of rotatable bonds is 9. The third kappa shape index (κ3) is 8.11. The third-order valence-electron chi connectivity index (χ3n) is 8.40. The van der Waals surface area contributed by atoms with Gasteiger partial charge in [-0.15, -0.1) is 0 Å². The lowest BCUT2D eigenvalue weighted by atomic mass is 9.89. The fourth-order valence-electron chi connectivity index (χ4n) is 5.76. The predicted molar refractivity (Wildman–Crippen MR) is 170 cm³/mol. The van der Waals surface area contributed by atoms with Gasteiger partial charge in [-0.3, -0.25) is 9.69 Å². The highest BCUT2D eigenvalue weighted by Gasteiger charge is 2.24. The minimum atomic E-state index is -0.341. The molecule has 3 amide bonds. The van der Waals surface area contributed by atoms with Gasteiger partial charge in [0.15, 0.2) is 0 Å². The van der Waals surface area contributed by atoms with E-state index in [1.54, 1.807) is 6.07 Å². The van der Waals surface area contributed by atoms with Gasteiger partial charge in [-0.05, 0) is 86.1 Å². The molecule has 2 fully saturated rings. The first-order valence-electron chi connectivity index (χ1n) is 15.1. The summed E-state index contributed by atoms with van der Waals surface area (Å²) in [6.07, 6.45) is 3.23. The summed E-state index contributed by atoms with van der Waals surface area (Å²) in [7, 11) is 0. The van der Waals surface area contributed by atoms with E-state index in [2.05, 4.69) is 56.1 Å². The van der Waals surface area contributed by atoms with E-state index in [4.69, 9.17) is 4.74 Å². The molecule has 2 aliphatic rings. The number of hydrogen-bond acceptors (Lipinski definition) is 5. The van der Waals surface area contributed by atoms with E-state index in [9.17, 15) is 9.59 Å². The molecular weight excluding hydrogens is 526 g/mol. The second-order valence-corrected chi connectivity index (χ2v) is 11.4. The average molecular weight is 570 g/mol. The number of anilines is 3. The van der Waals surface area contributed by atoms with Crippen molar-refractivity contribution in [1.29, 1.82) is 0 Å². The topological polar surface area (TPSA) is 85.9 Å². The van der Waals surface area contributed by atoms with Gasteiger partial charge in [0.05, 0.1) is 18.8 Å². The summed E-state index contributed by atoms with van der Waals surface area (Å²) in [6.45, 7) is 10.4. The number of ether oxygens (including phenoxy) is 1. The van der Waals surface area contributed by atoms with E-state index in [0.717, 1.165) is 82.1 Å². The monoisotopic (exact) mass is 569 g/mol. The molecule has 2 aliphatic heterocycles. The Morgan fingerprint density at radius 2 is 1.52 bits per heavy atom.